The van der Waals surface area contributed by atoms with Gasteiger partial charge in [0, 0.05) is 0 Å². The van der Waals surface area contributed by atoms with E-state index < -0.39 is 24.0 Å². The molecule has 1 rings (SSSR count). The average molecular weight is 637 g/mol. The molecule has 0 aliphatic rings. The van der Waals surface area contributed by atoms with Crippen LogP contribution in [0.3, 0.4) is 0 Å². The quantitative estimate of drug-likeness (QED) is 0.0969. The van der Waals surface area contributed by atoms with Crippen LogP contribution in [0.4, 0.5) is 0 Å². The first-order valence-corrected chi connectivity index (χ1v) is 22.2. The van der Waals surface area contributed by atoms with E-state index in [0.717, 1.165) is 24.0 Å². The molecule has 38 heavy (non-hydrogen) atoms. The molecule has 1 aromatic rings. The molecule has 0 aliphatic heterocycles. The van der Waals surface area contributed by atoms with E-state index in [1.807, 2.05) is 33.8 Å². The minimum atomic E-state index is -2.90. The predicted octanol–water partition coefficient (Wildman–Crippen LogP) is 9.07. The molecule has 5 nitrogen and oxygen atoms in total. The van der Waals surface area contributed by atoms with Gasteiger partial charge in [-0.3, -0.25) is 0 Å². The number of rotatable bonds is 17. The molecule has 0 atom stereocenters. The van der Waals surface area contributed by atoms with Crippen LogP contribution < -0.4 is 4.74 Å². The Bertz CT molecular complexity index is 891. The van der Waals surface area contributed by atoms with Gasteiger partial charge in [0.1, 0.15) is 0 Å². The summed E-state index contributed by atoms with van der Waals surface area (Å²) in [5.74, 6) is 0.0762. The molecule has 0 N–H and O–H groups in total. The number of methoxy groups -OCH3 is 2. The maximum atomic E-state index is 12.8. The Hall–Kier alpha value is -1.50. The van der Waals surface area contributed by atoms with Crippen molar-refractivity contribution < 1.29 is 23.8 Å². The molecule has 0 aliphatic carbocycles. The van der Waals surface area contributed by atoms with Crippen LogP contribution in [0, 0.1) is 6.92 Å². The second-order valence-corrected chi connectivity index (χ2v) is 24.7. The monoisotopic (exact) mass is 638 g/mol. The van der Waals surface area contributed by atoms with E-state index in [0.29, 0.717) is 17.7 Å². The van der Waals surface area contributed by atoms with E-state index in [4.69, 9.17) is 14.2 Å². The number of hydrogen-bond acceptors (Lipinski definition) is 5. The fourth-order valence-electron chi connectivity index (χ4n) is 5.31. The normalized spacial score (nSPS) is 12.4. The molecule has 0 aromatic heterocycles. The average Bonchev–Trinajstić information content (AvgIpc) is 2.86. The standard InChI is InChI=1S/C20H27O5.3C4H9.Sn/c1-14-12-15(13-16(18(14)23-5)19(22)24-6)10-8-7-9-11-17(21)25-20(2,3)4;3*1-3-4-2;/h8,12-13H,7,9,11H2,1-6H3;3*1,3-4H2,2H3;. The van der Waals surface area contributed by atoms with Crippen molar-refractivity contribution in [3.05, 3.63) is 34.9 Å². The van der Waals surface area contributed by atoms with Crippen LogP contribution in [0.15, 0.2) is 18.2 Å². The summed E-state index contributed by atoms with van der Waals surface area (Å²) in [6.45, 7) is 14.6. The number of allylic oxidation sites excluding steroid dienone is 1. The molecule has 1 aromatic carbocycles. The third-order valence-electron chi connectivity index (χ3n) is 7.15. The number of unbranched alkanes of at least 4 members (excludes halogenated alkanes) is 4. The van der Waals surface area contributed by atoms with Gasteiger partial charge in [-0.25, -0.2) is 0 Å². The van der Waals surface area contributed by atoms with E-state index in [2.05, 4.69) is 32.9 Å². The van der Waals surface area contributed by atoms with Crippen molar-refractivity contribution in [1.29, 1.82) is 0 Å². The SMILES string of the molecule is CCC[CH2][Sn]([CH2]CCC)([CH2]CCC)/[C](=C/CCCC(=O)OC(C)(C)C)c1cc(C)c(OC)c(C(=O)OC)c1. The van der Waals surface area contributed by atoms with Crippen LogP contribution >= 0.6 is 0 Å². The van der Waals surface area contributed by atoms with Crippen LogP contribution in [0.5, 0.6) is 5.75 Å². The molecule has 0 saturated heterocycles. The van der Waals surface area contributed by atoms with Crippen molar-refractivity contribution in [2.24, 2.45) is 0 Å². The van der Waals surface area contributed by atoms with Crippen molar-refractivity contribution in [3.8, 4) is 5.75 Å². The van der Waals surface area contributed by atoms with Gasteiger partial charge in [0.05, 0.1) is 0 Å². The second kappa shape index (κ2) is 17.2. The number of benzene rings is 1. The van der Waals surface area contributed by atoms with E-state index in [1.54, 1.807) is 7.11 Å². The maximum absolute atomic E-state index is 12.8. The first-order chi connectivity index (χ1) is 18.0. The number of carbonyl (C=O) groups is 2. The van der Waals surface area contributed by atoms with Crippen LogP contribution in [-0.4, -0.2) is 50.1 Å². The third-order valence-corrected chi connectivity index (χ3v) is 23.0. The zero-order valence-electron chi connectivity index (χ0n) is 25.8. The number of hydrogen-bond donors (Lipinski definition) is 0. The minimum absolute atomic E-state index is 0.140. The fraction of sp³-hybridized carbons (Fsp3) is 0.688. The summed E-state index contributed by atoms with van der Waals surface area (Å²) >= 11 is -2.90. The summed E-state index contributed by atoms with van der Waals surface area (Å²) in [7, 11) is 3.03. The van der Waals surface area contributed by atoms with Gasteiger partial charge in [-0.05, 0) is 0 Å². The first kappa shape index (κ1) is 34.5. The van der Waals surface area contributed by atoms with Gasteiger partial charge in [-0.1, -0.05) is 0 Å². The first-order valence-electron chi connectivity index (χ1n) is 14.7. The zero-order valence-corrected chi connectivity index (χ0v) is 28.6. The Kier molecular flexibility index (Phi) is 15.7. The molecule has 0 saturated carbocycles. The summed E-state index contributed by atoms with van der Waals surface area (Å²) < 4.78 is 21.8. The molecule has 0 fully saturated rings. The molecule has 6 heteroatoms. The molecule has 0 heterocycles. The Morgan fingerprint density at radius 2 is 1.45 bits per heavy atom. The second-order valence-electron chi connectivity index (χ2n) is 11.6. The van der Waals surface area contributed by atoms with Gasteiger partial charge in [-0.2, -0.15) is 0 Å². The van der Waals surface area contributed by atoms with Crippen molar-refractivity contribution in [2.75, 3.05) is 14.2 Å². The van der Waals surface area contributed by atoms with Gasteiger partial charge in [0.15, 0.2) is 0 Å². The Balaban J connectivity index is 3.65. The molecular formula is C32H54O5Sn. The fourth-order valence-corrected chi connectivity index (χ4v) is 22.4. The van der Waals surface area contributed by atoms with Gasteiger partial charge >= 0.3 is 238 Å². The number of esters is 2. The third kappa shape index (κ3) is 10.9. The predicted molar refractivity (Wildman–Crippen MR) is 162 cm³/mol. The molecule has 0 bridgehead atoms. The van der Waals surface area contributed by atoms with Gasteiger partial charge in [-0.15, -0.1) is 0 Å². The summed E-state index contributed by atoms with van der Waals surface area (Å²) in [6.07, 6.45) is 11.8. The number of carbonyl (C=O) groups excluding carboxylic acids is 2. The number of ether oxygens (including phenoxy) is 3. The molecule has 0 radical (unpaired) electrons. The van der Waals surface area contributed by atoms with Crippen LogP contribution in [0.1, 0.15) is 121 Å². The molecule has 0 unspecified atom stereocenters. The Morgan fingerprint density at radius 1 is 0.895 bits per heavy atom. The summed E-state index contributed by atoms with van der Waals surface area (Å²) in [5.41, 5.74) is 2.13. The zero-order chi connectivity index (χ0) is 28.8. The van der Waals surface area contributed by atoms with Crippen LogP contribution in [0.25, 0.3) is 3.59 Å². The van der Waals surface area contributed by atoms with Crippen molar-refractivity contribution in [3.63, 3.8) is 0 Å². The van der Waals surface area contributed by atoms with Crippen molar-refractivity contribution >= 4 is 33.9 Å². The molecule has 216 valence electrons. The van der Waals surface area contributed by atoms with Gasteiger partial charge in [0.2, 0.25) is 0 Å². The van der Waals surface area contributed by atoms with E-state index >= 15 is 0 Å². The van der Waals surface area contributed by atoms with Gasteiger partial charge < -0.3 is 0 Å². The van der Waals surface area contributed by atoms with Crippen molar-refractivity contribution in [1.82, 2.24) is 0 Å². The Labute approximate surface area is 237 Å². The summed E-state index contributed by atoms with van der Waals surface area (Å²) in [6, 6.07) is 4.22. The van der Waals surface area contributed by atoms with Crippen molar-refractivity contribution in [2.45, 2.75) is 125 Å². The molecular weight excluding hydrogens is 583 g/mol. The summed E-state index contributed by atoms with van der Waals surface area (Å²) in [4.78, 5) is 25.1. The van der Waals surface area contributed by atoms with E-state index in [1.165, 1.54) is 62.5 Å². The molecule has 0 spiro atoms. The summed E-state index contributed by atoms with van der Waals surface area (Å²) in [5, 5.41) is 0. The van der Waals surface area contributed by atoms with Crippen LogP contribution in [0.2, 0.25) is 13.3 Å². The van der Waals surface area contributed by atoms with E-state index in [9.17, 15) is 9.59 Å². The van der Waals surface area contributed by atoms with E-state index in [-0.39, 0.29) is 11.9 Å². The molecule has 0 amide bonds. The van der Waals surface area contributed by atoms with Gasteiger partial charge in [0.25, 0.3) is 0 Å². The Morgan fingerprint density at radius 3 is 1.89 bits per heavy atom. The number of aryl methyl sites for hydroxylation is 1. The van der Waals surface area contributed by atoms with Crippen LogP contribution in [-0.2, 0) is 14.3 Å². The topological polar surface area (TPSA) is 61.8 Å².